The van der Waals surface area contributed by atoms with E-state index in [0.717, 1.165) is 22.8 Å². The Morgan fingerprint density at radius 3 is 2.52 bits per heavy atom. The van der Waals surface area contributed by atoms with Gasteiger partial charge in [0.05, 0.1) is 5.56 Å². The van der Waals surface area contributed by atoms with Crippen molar-refractivity contribution in [2.75, 3.05) is 0 Å². The van der Waals surface area contributed by atoms with Gasteiger partial charge in [0, 0.05) is 17.1 Å². The Morgan fingerprint density at radius 2 is 1.76 bits per heavy atom. The molecule has 1 atom stereocenters. The minimum Gasteiger partial charge on any atom is -0.360 e. The number of H-pyrrole nitrogens is 1. The highest BCUT2D eigenvalue weighted by Crippen LogP contribution is 2.19. The summed E-state index contributed by atoms with van der Waals surface area (Å²) in [7, 11) is 0. The van der Waals surface area contributed by atoms with Crippen LogP contribution in [-0.2, 0) is 4.79 Å². The van der Waals surface area contributed by atoms with Crippen molar-refractivity contribution >= 4 is 23.1 Å². The van der Waals surface area contributed by atoms with Gasteiger partial charge in [-0.1, -0.05) is 48.5 Å². The van der Waals surface area contributed by atoms with Gasteiger partial charge in [-0.25, -0.2) is 0 Å². The topological polar surface area (TPSA) is 62.0 Å². The zero-order chi connectivity index (χ0) is 14.7. The van der Waals surface area contributed by atoms with Gasteiger partial charge in [0.25, 0.3) is 5.91 Å². The summed E-state index contributed by atoms with van der Waals surface area (Å²) in [6.45, 7) is 0. The quantitative estimate of drug-likeness (QED) is 0.721. The van der Waals surface area contributed by atoms with Crippen LogP contribution >= 0.6 is 0 Å². The molecule has 0 aliphatic heterocycles. The van der Waals surface area contributed by atoms with Crippen molar-refractivity contribution in [3.63, 3.8) is 0 Å². The minimum atomic E-state index is -0.646. The standard InChI is InChI=1S/C17H14N2O2/c20-11-16(12-6-2-1-3-7-12)19-17(21)14-10-18-15-9-5-4-8-13(14)15/h1-11,16,18H,(H,19,21). The molecule has 1 amide bonds. The summed E-state index contributed by atoms with van der Waals surface area (Å²) in [5.74, 6) is -0.270. The zero-order valence-corrected chi connectivity index (χ0v) is 11.2. The highest BCUT2D eigenvalue weighted by molar-refractivity contribution is 6.07. The van der Waals surface area contributed by atoms with Crippen molar-refractivity contribution in [2.45, 2.75) is 6.04 Å². The molecule has 0 saturated carbocycles. The molecule has 0 bridgehead atoms. The van der Waals surface area contributed by atoms with E-state index in [-0.39, 0.29) is 5.91 Å². The van der Waals surface area contributed by atoms with Crippen LogP contribution in [-0.4, -0.2) is 17.2 Å². The Kier molecular flexibility index (Phi) is 3.51. The van der Waals surface area contributed by atoms with Crippen LogP contribution in [0.4, 0.5) is 0 Å². The summed E-state index contributed by atoms with van der Waals surface area (Å²) in [6.07, 6.45) is 2.40. The van der Waals surface area contributed by atoms with Crippen LogP contribution in [0.3, 0.4) is 0 Å². The summed E-state index contributed by atoms with van der Waals surface area (Å²) < 4.78 is 0. The third-order valence-corrected chi connectivity index (χ3v) is 3.42. The number of benzene rings is 2. The van der Waals surface area contributed by atoms with Crippen LogP contribution in [0.25, 0.3) is 10.9 Å². The van der Waals surface area contributed by atoms with Gasteiger partial charge in [0.15, 0.2) is 0 Å². The van der Waals surface area contributed by atoms with Crippen LogP contribution in [0.5, 0.6) is 0 Å². The number of rotatable bonds is 4. The molecule has 0 saturated heterocycles. The molecule has 3 aromatic rings. The number of hydrogen-bond acceptors (Lipinski definition) is 2. The lowest BCUT2D eigenvalue weighted by Gasteiger charge is -2.12. The molecule has 1 heterocycles. The van der Waals surface area contributed by atoms with E-state index in [1.807, 2.05) is 54.6 Å². The van der Waals surface area contributed by atoms with Crippen LogP contribution in [0.15, 0.2) is 60.8 Å². The van der Waals surface area contributed by atoms with Crippen LogP contribution in [0, 0.1) is 0 Å². The van der Waals surface area contributed by atoms with Crippen LogP contribution < -0.4 is 5.32 Å². The first-order valence-corrected chi connectivity index (χ1v) is 6.67. The number of fused-ring (bicyclic) bond motifs is 1. The van der Waals surface area contributed by atoms with Gasteiger partial charge in [-0.2, -0.15) is 0 Å². The average Bonchev–Trinajstić information content (AvgIpc) is 2.97. The average molecular weight is 278 g/mol. The van der Waals surface area contributed by atoms with E-state index in [4.69, 9.17) is 0 Å². The van der Waals surface area contributed by atoms with E-state index in [1.165, 1.54) is 0 Å². The summed E-state index contributed by atoms with van der Waals surface area (Å²) in [6, 6.07) is 16.1. The lowest BCUT2D eigenvalue weighted by Crippen LogP contribution is -2.29. The first-order valence-electron chi connectivity index (χ1n) is 6.67. The molecule has 104 valence electrons. The molecular formula is C17H14N2O2. The molecule has 0 radical (unpaired) electrons. The maximum atomic E-state index is 12.4. The smallest absolute Gasteiger partial charge is 0.254 e. The first-order chi connectivity index (χ1) is 10.3. The molecule has 4 heteroatoms. The van der Waals surface area contributed by atoms with Gasteiger partial charge < -0.3 is 15.1 Å². The molecule has 0 spiro atoms. The molecule has 0 aliphatic carbocycles. The number of amides is 1. The van der Waals surface area contributed by atoms with Gasteiger partial charge in [-0.3, -0.25) is 4.79 Å². The predicted molar refractivity (Wildman–Crippen MR) is 81.0 cm³/mol. The lowest BCUT2D eigenvalue weighted by molar-refractivity contribution is -0.109. The fraction of sp³-hybridized carbons (Fsp3) is 0.0588. The van der Waals surface area contributed by atoms with E-state index >= 15 is 0 Å². The van der Waals surface area contributed by atoms with Crippen molar-refractivity contribution < 1.29 is 9.59 Å². The van der Waals surface area contributed by atoms with Crippen LogP contribution in [0.1, 0.15) is 22.0 Å². The highest BCUT2D eigenvalue weighted by atomic mass is 16.2. The van der Waals surface area contributed by atoms with Crippen LogP contribution in [0.2, 0.25) is 0 Å². The maximum Gasteiger partial charge on any atom is 0.254 e. The largest absolute Gasteiger partial charge is 0.360 e. The van der Waals surface area contributed by atoms with E-state index in [0.29, 0.717) is 5.56 Å². The highest BCUT2D eigenvalue weighted by Gasteiger charge is 2.17. The third-order valence-electron chi connectivity index (χ3n) is 3.42. The van der Waals surface area contributed by atoms with Crippen molar-refractivity contribution in [1.82, 2.24) is 10.3 Å². The Morgan fingerprint density at radius 1 is 1.05 bits per heavy atom. The Bertz CT molecular complexity index is 778. The number of aldehydes is 1. The van der Waals surface area contributed by atoms with Crippen molar-refractivity contribution in [3.8, 4) is 0 Å². The second-order valence-corrected chi connectivity index (χ2v) is 4.75. The fourth-order valence-electron chi connectivity index (χ4n) is 2.33. The number of hydrogen-bond donors (Lipinski definition) is 2. The number of aromatic amines is 1. The summed E-state index contributed by atoms with van der Waals surface area (Å²) >= 11 is 0. The Hall–Kier alpha value is -2.88. The number of carbonyl (C=O) groups excluding carboxylic acids is 2. The van der Waals surface area contributed by atoms with Gasteiger partial charge in [-0.15, -0.1) is 0 Å². The predicted octanol–water partition coefficient (Wildman–Crippen LogP) is 2.84. The van der Waals surface area contributed by atoms with E-state index in [1.54, 1.807) is 6.20 Å². The van der Waals surface area contributed by atoms with E-state index < -0.39 is 6.04 Å². The van der Waals surface area contributed by atoms with Gasteiger partial charge in [0.2, 0.25) is 0 Å². The molecule has 0 aliphatic rings. The Balaban J connectivity index is 1.87. The van der Waals surface area contributed by atoms with Crippen molar-refractivity contribution in [1.29, 1.82) is 0 Å². The molecule has 2 N–H and O–H groups in total. The molecule has 21 heavy (non-hydrogen) atoms. The van der Waals surface area contributed by atoms with Gasteiger partial charge in [-0.05, 0) is 11.6 Å². The molecule has 2 aromatic carbocycles. The first kappa shape index (κ1) is 13.1. The SMILES string of the molecule is O=CC(NC(=O)c1c[nH]c2ccccc12)c1ccccc1. The number of aromatic nitrogens is 1. The third kappa shape index (κ3) is 2.56. The second-order valence-electron chi connectivity index (χ2n) is 4.75. The number of para-hydroxylation sites is 1. The lowest BCUT2D eigenvalue weighted by atomic mass is 10.1. The monoisotopic (exact) mass is 278 g/mol. The molecule has 1 aromatic heterocycles. The summed E-state index contributed by atoms with van der Waals surface area (Å²) in [5, 5.41) is 3.59. The number of carbonyl (C=O) groups is 2. The van der Waals surface area contributed by atoms with Gasteiger partial charge >= 0.3 is 0 Å². The summed E-state index contributed by atoms with van der Waals surface area (Å²) in [4.78, 5) is 26.7. The summed E-state index contributed by atoms with van der Waals surface area (Å²) in [5.41, 5.74) is 2.19. The maximum absolute atomic E-state index is 12.4. The zero-order valence-electron chi connectivity index (χ0n) is 11.2. The molecule has 0 fully saturated rings. The van der Waals surface area contributed by atoms with Crippen molar-refractivity contribution in [3.05, 3.63) is 71.9 Å². The van der Waals surface area contributed by atoms with E-state index in [9.17, 15) is 9.59 Å². The normalized spacial score (nSPS) is 12.0. The van der Waals surface area contributed by atoms with Crippen molar-refractivity contribution in [2.24, 2.45) is 0 Å². The second kappa shape index (κ2) is 5.63. The molecule has 3 rings (SSSR count). The molecule has 1 unspecified atom stereocenters. The number of nitrogens with one attached hydrogen (secondary N) is 2. The minimum absolute atomic E-state index is 0.270. The van der Waals surface area contributed by atoms with E-state index in [2.05, 4.69) is 10.3 Å². The molecule has 4 nitrogen and oxygen atoms in total. The fourth-order valence-corrected chi connectivity index (χ4v) is 2.33. The van der Waals surface area contributed by atoms with Gasteiger partial charge in [0.1, 0.15) is 12.3 Å². The molecular weight excluding hydrogens is 264 g/mol. The Labute approximate surface area is 121 Å².